The number of ether oxygens (including phenoxy) is 4. The molecular weight excluding hydrogens is 500 g/mol. The summed E-state index contributed by atoms with van der Waals surface area (Å²) in [6, 6.07) is 0. The molecule has 0 saturated carbocycles. The third kappa shape index (κ3) is 6.60. The molecule has 1 saturated heterocycles. The lowest BCUT2D eigenvalue weighted by molar-refractivity contribution is -0.221. The number of rotatable bonds is 7. The monoisotopic (exact) mass is 528 g/mol. The Morgan fingerprint density at radius 3 is 1.97 bits per heavy atom. The van der Waals surface area contributed by atoms with Gasteiger partial charge in [0.2, 0.25) is 11.8 Å². The highest BCUT2D eigenvalue weighted by molar-refractivity contribution is 7.98. The van der Waals surface area contributed by atoms with E-state index in [2.05, 4.69) is 10.3 Å². The van der Waals surface area contributed by atoms with Gasteiger partial charge >= 0.3 is 17.9 Å². The number of carbonyl (C=O) groups excluding carboxylic acids is 5. The van der Waals surface area contributed by atoms with Crippen molar-refractivity contribution in [2.24, 2.45) is 7.05 Å². The van der Waals surface area contributed by atoms with Crippen LogP contribution < -0.4 is 15.8 Å². The highest BCUT2D eigenvalue weighted by Gasteiger charge is 2.47. The van der Waals surface area contributed by atoms with Crippen molar-refractivity contribution in [2.45, 2.75) is 64.3 Å². The lowest BCUT2D eigenvalue weighted by Gasteiger charge is -2.41. The summed E-state index contributed by atoms with van der Waals surface area (Å²) in [6.45, 7) is 5.30. The van der Waals surface area contributed by atoms with Crippen LogP contribution in [0.2, 0.25) is 0 Å². The molecule has 1 aliphatic rings. The smallest absolute Gasteiger partial charge is 0.303 e. The zero-order chi connectivity index (χ0) is 27.3. The Labute approximate surface area is 210 Å². The fourth-order valence-electron chi connectivity index (χ4n) is 3.59. The van der Waals surface area contributed by atoms with E-state index in [0.29, 0.717) is 4.90 Å². The molecule has 15 heteroatoms. The average Bonchev–Trinajstić information content (AvgIpc) is 2.75. The zero-order valence-electron chi connectivity index (χ0n) is 20.8. The summed E-state index contributed by atoms with van der Waals surface area (Å²) in [5.41, 5.74) is -1.09. The summed E-state index contributed by atoms with van der Waals surface area (Å²) in [5.74, 6) is -3.90. The van der Waals surface area contributed by atoms with Gasteiger partial charge in [0, 0.05) is 41.7 Å². The van der Waals surface area contributed by atoms with E-state index in [-0.39, 0.29) is 23.3 Å². The van der Waals surface area contributed by atoms with Crippen LogP contribution in [0.4, 0.5) is 11.5 Å². The molecule has 4 atom stereocenters. The number of esters is 3. The van der Waals surface area contributed by atoms with Crippen molar-refractivity contribution in [3.8, 4) is 0 Å². The molecule has 14 nitrogen and oxygen atoms in total. The standard InChI is InChI=1S/C21H28N4O10S/c1-9(26)25(10(2)27)15-18(23-21(36-7)24(6)20(15)31)22-19-17(35-13(5)30)16(34-12(4)29)14(8-32-19)33-11(3)28/h14,16-17,19,22H,8H2,1-7H3/t14-,16+,17-,19-/m1/s1. The maximum atomic E-state index is 13.2. The normalized spacial score (nSPS) is 21.2. The van der Waals surface area contributed by atoms with Gasteiger partial charge in [-0.1, -0.05) is 11.8 Å². The number of hydrogen-bond donors (Lipinski definition) is 1. The van der Waals surface area contributed by atoms with Crippen LogP contribution in [0.5, 0.6) is 0 Å². The molecule has 1 fully saturated rings. The van der Waals surface area contributed by atoms with Crippen LogP contribution in [0, 0.1) is 0 Å². The summed E-state index contributed by atoms with van der Waals surface area (Å²) < 4.78 is 22.7. The molecule has 1 aromatic heterocycles. The summed E-state index contributed by atoms with van der Waals surface area (Å²) in [7, 11) is 1.42. The summed E-state index contributed by atoms with van der Waals surface area (Å²) >= 11 is 1.12. The van der Waals surface area contributed by atoms with Crippen LogP contribution in [-0.4, -0.2) is 76.7 Å². The summed E-state index contributed by atoms with van der Waals surface area (Å²) in [4.78, 5) is 78.0. The predicted octanol–water partition coefficient (Wildman–Crippen LogP) is -0.0351. The number of amides is 2. The highest BCUT2D eigenvalue weighted by Crippen LogP contribution is 2.29. The minimum absolute atomic E-state index is 0.220. The quantitative estimate of drug-likeness (QED) is 0.216. The molecular formula is C21H28N4O10S. The molecule has 1 aromatic rings. The molecule has 2 heterocycles. The SMILES string of the molecule is CSc1nc(N[C@@H]2OC[C@@H](OC(C)=O)[C@H](OC(C)=O)[C@H]2OC(C)=O)c(N(C(C)=O)C(C)=O)c(=O)n1C. The molecule has 0 aromatic carbocycles. The number of anilines is 2. The van der Waals surface area contributed by atoms with Gasteiger partial charge in [0.15, 0.2) is 41.2 Å². The Morgan fingerprint density at radius 2 is 1.50 bits per heavy atom. The highest BCUT2D eigenvalue weighted by atomic mass is 32.2. The number of aromatic nitrogens is 2. The lowest BCUT2D eigenvalue weighted by Crippen LogP contribution is -2.59. The fourth-order valence-corrected chi connectivity index (χ4v) is 4.13. The summed E-state index contributed by atoms with van der Waals surface area (Å²) in [5, 5.41) is 3.03. The first-order chi connectivity index (χ1) is 16.8. The first kappa shape index (κ1) is 28.8. The number of imide groups is 1. The van der Waals surface area contributed by atoms with Crippen LogP contribution >= 0.6 is 11.8 Å². The van der Waals surface area contributed by atoms with Crippen LogP contribution in [0.25, 0.3) is 0 Å². The molecule has 1 aliphatic heterocycles. The molecule has 1 N–H and O–H groups in total. The maximum Gasteiger partial charge on any atom is 0.303 e. The Balaban J connectivity index is 2.65. The minimum atomic E-state index is -1.37. The zero-order valence-corrected chi connectivity index (χ0v) is 21.7. The van der Waals surface area contributed by atoms with Crippen LogP contribution in [-0.2, 0) is 50.0 Å². The van der Waals surface area contributed by atoms with Gasteiger partial charge in [0.1, 0.15) is 0 Å². The van der Waals surface area contributed by atoms with Gasteiger partial charge in [0.05, 0.1) is 6.61 Å². The Hall–Kier alpha value is -3.46. The molecule has 2 amide bonds. The predicted molar refractivity (Wildman–Crippen MR) is 125 cm³/mol. The first-order valence-electron chi connectivity index (χ1n) is 10.6. The molecule has 0 radical (unpaired) electrons. The van der Waals surface area contributed by atoms with Crippen molar-refractivity contribution < 1.29 is 42.9 Å². The van der Waals surface area contributed by atoms with Gasteiger partial charge in [-0.25, -0.2) is 9.88 Å². The molecule has 0 spiro atoms. The van der Waals surface area contributed by atoms with Gasteiger partial charge in [-0.3, -0.25) is 33.3 Å². The van der Waals surface area contributed by atoms with E-state index >= 15 is 0 Å². The minimum Gasteiger partial charge on any atom is -0.456 e. The topological polar surface area (TPSA) is 172 Å². The van der Waals surface area contributed by atoms with Crippen molar-refractivity contribution in [2.75, 3.05) is 23.1 Å². The van der Waals surface area contributed by atoms with Crippen molar-refractivity contribution in [3.63, 3.8) is 0 Å². The largest absolute Gasteiger partial charge is 0.456 e. The van der Waals surface area contributed by atoms with Crippen molar-refractivity contribution in [1.82, 2.24) is 9.55 Å². The van der Waals surface area contributed by atoms with Crippen molar-refractivity contribution in [1.29, 1.82) is 0 Å². The van der Waals surface area contributed by atoms with Gasteiger partial charge in [-0.05, 0) is 6.26 Å². The van der Waals surface area contributed by atoms with Gasteiger partial charge < -0.3 is 24.3 Å². The number of thioether (sulfide) groups is 1. The van der Waals surface area contributed by atoms with Crippen molar-refractivity contribution in [3.05, 3.63) is 10.4 Å². The lowest BCUT2D eigenvalue weighted by atomic mass is 10.0. The van der Waals surface area contributed by atoms with E-state index in [1.54, 1.807) is 6.26 Å². The Morgan fingerprint density at radius 1 is 0.972 bits per heavy atom. The second kappa shape index (κ2) is 12.0. The first-order valence-corrected chi connectivity index (χ1v) is 11.9. The average molecular weight is 529 g/mol. The van der Waals surface area contributed by atoms with E-state index < -0.39 is 59.8 Å². The van der Waals surface area contributed by atoms with E-state index in [0.717, 1.165) is 50.9 Å². The van der Waals surface area contributed by atoms with Crippen molar-refractivity contribution >= 4 is 53.0 Å². The number of carbonyl (C=O) groups is 5. The molecule has 0 unspecified atom stereocenters. The molecule has 198 valence electrons. The molecule has 36 heavy (non-hydrogen) atoms. The van der Waals surface area contributed by atoms with E-state index in [1.165, 1.54) is 7.05 Å². The maximum absolute atomic E-state index is 13.2. The van der Waals surface area contributed by atoms with E-state index in [1.807, 2.05) is 0 Å². The molecule has 0 aliphatic carbocycles. The Bertz CT molecular complexity index is 1110. The Kier molecular flexibility index (Phi) is 9.58. The fraction of sp³-hybridized carbons (Fsp3) is 0.571. The second-order valence-corrected chi connectivity index (χ2v) is 8.50. The number of nitrogens with zero attached hydrogens (tertiary/aromatic N) is 3. The van der Waals surface area contributed by atoms with Gasteiger partial charge in [0.25, 0.3) is 5.56 Å². The van der Waals surface area contributed by atoms with Crippen LogP contribution in [0.3, 0.4) is 0 Å². The van der Waals surface area contributed by atoms with Crippen LogP contribution in [0.15, 0.2) is 9.95 Å². The third-order valence-corrected chi connectivity index (χ3v) is 5.62. The summed E-state index contributed by atoms with van der Waals surface area (Å²) in [6.07, 6.45) is -3.40. The van der Waals surface area contributed by atoms with Gasteiger partial charge in [-0.2, -0.15) is 0 Å². The van der Waals surface area contributed by atoms with E-state index in [9.17, 15) is 28.8 Å². The third-order valence-electron chi connectivity index (χ3n) is 4.89. The molecule has 2 rings (SSSR count). The number of hydrogen-bond acceptors (Lipinski definition) is 13. The number of nitrogens with one attached hydrogen (secondary N) is 1. The van der Waals surface area contributed by atoms with Gasteiger partial charge in [-0.15, -0.1) is 0 Å². The van der Waals surface area contributed by atoms with E-state index in [4.69, 9.17) is 18.9 Å². The van der Waals surface area contributed by atoms with Crippen LogP contribution in [0.1, 0.15) is 34.6 Å². The molecule has 0 bridgehead atoms. The second-order valence-electron chi connectivity index (χ2n) is 7.73.